The standard InChI is InChI=1S/C20H19N5O2S/c1-27-15-7-5-14(6-8-15)25-11-16(22-23-25)20(26)19-17(9-4-13-2-3-13)28-18-10-21-12-24(18)19/h4-13,20,26H,2-3H2,1H3/b9-4+. The Morgan fingerprint density at radius 3 is 2.86 bits per heavy atom. The molecule has 1 N–H and O–H groups in total. The summed E-state index contributed by atoms with van der Waals surface area (Å²) in [5.74, 6) is 1.44. The first kappa shape index (κ1) is 17.2. The van der Waals surface area contributed by atoms with E-state index in [0.717, 1.165) is 26.8 Å². The zero-order chi connectivity index (χ0) is 19.1. The van der Waals surface area contributed by atoms with Crippen LogP contribution in [0.25, 0.3) is 16.6 Å². The fourth-order valence-electron chi connectivity index (χ4n) is 3.12. The molecule has 142 valence electrons. The molecule has 5 rings (SSSR count). The molecule has 3 heterocycles. The summed E-state index contributed by atoms with van der Waals surface area (Å²) in [7, 11) is 1.63. The van der Waals surface area contributed by atoms with Crippen molar-refractivity contribution in [2.24, 2.45) is 5.92 Å². The maximum Gasteiger partial charge on any atom is 0.141 e. The molecule has 7 nitrogen and oxygen atoms in total. The van der Waals surface area contributed by atoms with E-state index in [9.17, 15) is 5.11 Å². The number of nitrogens with zero attached hydrogens (tertiary/aromatic N) is 5. The van der Waals surface area contributed by atoms with Crippen LogP contribution in [0.1, 0.15) is 35.2 Å². The maximum atomic E-state index is 11.1. The van der Waals surface area contributed by atoms with Crippen LogP contribution in [-0.2, 0) is 0 Å². The van der Waals surface area contributed by atoms with Gasteiger partial charge in [-0.25, -0.2) is 9.67 Å². The number of fused-ring (bicyclic) bond motifs is 1. The molecule has 1 fully saturated rings. The van der Waals surface area contributed by atoms with Gasteiger partial charge in [-0.05, 0) is 49.1 Å². The quantitative estimate of drug-likeness (QED) is 0.543. The molecule has 1 atom stereocenters. The van der Waals surface area contributed by atoms with E-state index in [1.54, 1.807) is 35.7 Å². The predicted molar refractivity (Wildman–Crippen MR) is 107 cm³/mol. The highest BCUT2D eigenvalue weighted by atomic mass is 32.1. The second-order valence-corrected chi connectivity index (χ2v) is 7.90. The molecule has 0 aliphatic heterocycles. The number of allylic oxidation sites excluding steroid dienone is 1. The highest BCUT2D eigenvalue weighted by molar-refractivity contribution is 7.18. The summed E-state index contributed by atoms with van der Waals surface area (Å²) in [4.78, 5) is 6.22. The topological polar surface area (TPSA) is 77.5 Å². The monoisotopic (exact) mass is 393 g/mol. The molecule has 0 amide bonds. The second kappa shape index (κ2) is 6.88. The van der Waals surface area contributed by atoms with Crippen molar-refractivity contribution in [3.63, 3.8) is 0 Å². The fourth-order valence-corrected chi connectivity index (χ4v) is 4.17. The van der Waals surface area contributed by atoms with Crippen molar-refractivity contribution in [2.75, 3.05) is 7.11 Å². The number of hydrogen-bond donors (Lipinski definition) is 1. The number of hydrogen-bond acceptors (Lipinski definition) is 6. The summed E-state index contributed by atoms with van der Waals surface area (Å²) in [5, 5.41) is 19.5. The highest BCUT2D eigenvalue weighted by Gasteiger charge is 2.24. The molecule has 3 aromatic heterocycles. The van der Waals surface area contributed by atoms with Gasteiger partial charge >= 0.3 is 0 Å². The minimum atomic E-state index is -0.895. The predicted octanol–water partition coefficient (Wildman–Crippen LogP) is 3.49. The van der Waals surface area contributed by atoms with E-state index in [2.05, 4.69) is 27.4 Å². The first-order valence-corrected chi connectivity index (χ1v) is 9.92. The number of aromatic nitrogens is 5. The number of aliphatic hydroxyl groups excluding tert-OH is 1. The molecule has 1 aromatic carbocycles. The molecule has 1 aliphatic carbocycles. The summed E-state index contributed by atoms with van der Waals surface area (Å²) in [6.07, 6.45) is 11.2. The minimum Gasteiger partial charge on any atom is -0.497 e. The van der Waals surface area contributed by atoms with E-state index in [4.69, 9.17) is 4.74 Å². The van der Waals surface area contributed by atoms with E-state index >= 15 is 0 Å². The van der Waals surface area contributed by atoms with Gasteiger partial charge in [0.2, 0.25) is 0 Å². The van der Waals surface area contributed by atoms with Gasteiger partial charge in [0.25, 0.3) is 0 Å². The summed E-state index contributed by atoms with van der Waals surface area (Å²) in [5.41, 5.74) is 2.11. The van der Waals surface area contributed by atoms with Gasteiger partial charge in [-0.3, -0.25) is 4.40 Å². The number of rotatable bonds is 6. The Morgan fingerprint density at radius 1 is 1.29 bits per heavy atom. The van der Waals surface area contributed by atoms with Gasteiger partial charge in [0, 0.05) is 0 Å². The van der Waals surface area contributed by atoms with Crippen LogP contribution in [0.4, 0.5) is 0 Å². The van der Waals surface area contributed by atoms with Crippen LogP contribution in [0.2, 0.25) is 0 Å². The van der Waals surface area contributed by atoms with Crippen LogP contribution in [-0.4, -0.2) is 36.6 Å². The van der Waals surface area contributed by atoms with Crippen molar-refractivity contribution in [1.82, 2.24) is 24.4 Å². The van der Waals surface area contributed by atoms with E-state index in [1.165, 1.54) is 12.8 Å². The van der Waals surface area contributed by atoms with Crippen LogP contribution >= 0.6 is 11.3 Å². The molecule has 0 radical (unpaired) electrons. The molecule has 8 heteroatoms. The summed E-state index contributed by atoms with van der Waals surface area (Å²) >= 11 is 1.62. The molecule has 0 saturated heterocycles. The van der Waals surface area contributed by atoms with Crippen molar-refractivity contribution < 1.29 is 9.84 Å². The van der Waals surface area contributed by atoms with E-state index < -0.39 is 6.10 Å². The van der Waals surface area contributed by atoms with Gasteiger partial charge < -0.3 is 9.84 Å². The van der Waals surface area contributed by atoms with E-state index in [1.807, 2.05) is 34.9 Å². The van der Waals surface area contributed by atoms with Gasteiger partial charge in [0.15, 0.2) is 0 Å². The third kappa shape index (κ3) is 3.10. The Bertz CT molecular complexity index is 1140. The zero-order valence-electron chi connectivity index (χ0n) is 15.3. The fraction of sp³-hybridized carbons (Fsp3) is 0.250. The van der Waals surface area contributed by atoms with Crippen molar-refractivity contribution in [2.45, 2.75) is 18.9 Å². The number of thiazole rings is 1. The Balaban J connectivity index is 1.49. The van der Waals surface area contributed by atoms with E-state index in [0.29, 0.717) is 11.6 Å². The molecule has 4 aromatic rings. The van der Waals surface area contributed by atoms with Gasteiger partial charge in [-0.1, -0.05) is 11.3 Å². The molecule has 28 heavy (non-hydrogen) atoms. The van der Waals surface area contributed by atoms with Crippen LogP contribution in [0.5, 0.6) is 5.75 Å². The smallest absolute Gasteiger partial charge is 0.141 e. The number of imidazole rings is 1. The lowest BCUT2D eigenvalue weighted by molar-refractivity contribution is 0.209. The number of methoxy groups -OCH3 is 1. The van der Waals surface area contributed by atoms with Crippen LogP contribution in [0, 0.1) is 5.92 Å². The molecular weight excluding hydrogens is 374 g/mol. The van der Waals surface area contributed by atoms with Gasteiger partial charge in [-0.15, -0.1) is 16.4 Å². The lowest BCUT2D eigenvalue weighted by Crippen LogP contribution is -2.05. The Morgan fingerprint density at radius 2 is 2.11 bits per heavy atom. The number of benzene rings is 1. The third-order valence-electron chi connectivity index (χ3n) is 4.86. The average molecular weight is 393 g/mol. The van der Waals surface area contributed by atoms with Gasteiger partial charge in [0.1, 0.15) is 28.7 Å². The van der Waals surface area contributed by atoms with Crippen molar-refractivity contribution in [1.29, 1.82) is 0 Å². The van der Waals surface area contributed by atoms with Crippen molar-refractivity contribution in [3.05, 3.63) is 65.3 Å². The zero-order valence-corrected chi connectivity index (χ0v) is 16.1. The first-order valence-electron chi connectivity index (χ1n) is 9.10. The first-order chi connectivity index (χ1) is 13.7. The SMILES string of the molecule is COc1ccc(-n2cc(C(O)c3c(/C=C/C4CC4)sc4cncn34)nn2)cc1. The number of ether oxygens (including phenoxy) is 1. The van der Waals surface area contributed by atoms with Crippen LogP contribution < -0.4 is 4.74 Å². The lowest BCUT2D eigenvalue weighted by Gasteiger charge is -2.08. The second-order valence-electron chi connectivity index (χ2n) is 6.84. The van der Waals surface area contributed by atoms with Gasteiger partial charge in [0.05, 0.1) is 35.8 Å². The Labute approximate surface area is 165 Å². The molecule has 1 unspecified atom stereocenters. The van der Waals surface area contributed by atoms with Crippen molar-refractivity contribution >= 4 is 22.2 Å². The summed E-state index contributed by atoms with van der Waals surface area (Å²) < 4.78 is 8.76. The van der Waals surface area contributed by atoms with Crippen molar-refractivity contribution in [3.8, 4) is 11.4 Å². The van der Waals surface area contributed by atoms with Crippen LogP contribution in [0.3, 0.4) is 0 Å². The highest BCUT2D eigenvalue weighted by Crippen LogP contribution is 2.35. The summed E-state index contributed by atoms with van der Waals surface area (Å²) in [6, 6.07) is 7.52. The maximum absolute atomic E-state index is 11.1. The molecule has 1 aliphatic rings. The number of aliphatic hydroxyl groups is 1. The molecule has 0 bridgehead atoms. The molecule has 1 saturated carbocycles. The van der Waals surface area contributed by atoms with Crippen LogP contribution in [0.15, 0.2) is 49.1 Å². The normalized spacial score (nSPS) is 15.5. The van der Waals surface area contributed by atoms with E-state index in [-0.39, 0.29) is 0 Å². The lowest BCUT2D eigenvalue weighted by atomic mass is 10.1. The van der Waals surface area contributed by atoms with Gasteiger partial charge in [-0.2, -0.15) is 0 Å². The third-order valence-corrected chi connectivity index (χ3v) is 5.94. The summed E-state index contributed by atoms with van der Waals surface area (Å²) in [6.45, 7) is 0. The molecule has 0 spiro atoms. The molecular formula is C20H19N5O2S. The average Bonchev–Trinajstić information content (AvgIpc) is 3.10. The largest absolute Gasteiger partial charge is 0.497 e. The Hall–Kier alpha value is -2.97. The Kier molecular flexibility index (Phi) is 4.22. The minimum absolute atomic E-state index is 0.491.